The third kappa shape index (κ3) is 6.99. The van der Waals surface area contributed by atoms with E-state index in [4.69, 9.17) is 9.84 Å². The minimum Gasteiger partial charge on any atom is -0.396 e. The van der Waals surface area contributed by atoms with Crippen molar-refractivity contribution < 1.29 is 9.84 Å². The molecule has 0 fully saturated rings. The number of rotatable bonds is 8. The summed E-state index contributed by atoms with van der Waals surface area (Å²) in [5, 5.41) is 12.2. The van der Waals surface area contributed by atoms with Gasteiger partial charge in [-0.2, -0.15) is 0 Å². The first kappa shape index (κ1) is 12.9. The Kier molecular flexibility index (Phi) is 8.40. The van der Waals surface area contributed by atoms with Gasteiger partial charge < -0.3 is 15.2 Å². The number of nitrogens with one attached hydrogen (secondary N) is 1. The number of hydrogen-bond donors (Lipinski definition) is 2. The predicted molar refractivity (Wildman–Crippen MR) is 54.9 cm³/mol. The third-order valence-electron chi connectivity index (χ3n) is 2.06. The summed E-state index contributed by atoms with van der Waals surface area (Å²) < 4.78 is 5.29. The molecule has 0 rings (SSSR count). The second kappa shape index (κ2) is 8.48. The van der Waals surface area contributed by atoms with Gasteiger partial charge in [0.05, 0.1) is 6.61 Å². The van der Waals surface area contributed by atoms with Crippen LogP contribution in [0.25, 0.3) is 0 Å². The predicted octanol–water partition coefficient (Wildman–Crippen LogP) is 1.16. The van der Waals surface area contributed by atoms with Crippen LogP contribution in [0.15, 0.2) is 0 Å². The molecule has 0 bridgehead atoms. The fourth-order valence-corrected chi connectivity index (χ4v) is 1.31. The summed E-state index contributed by atoms with van der Waals surface area (Å²) in [6.07, 6.45) is 1.88. The van der Waals surface area contributed by atoms with Gasteiger partial charge in [-0.05, 0) is 26.7 Å². The van der Waals surface area contributed by atoms with E-state index < -0.39 is 0 Å². The van der Waals surface area contributed by atoms with Gasteiger partial charge in [0.1, 0.15) is 0 Å². The van der Waals surface area contributed by atoms with Gasteiger partial charge in [0.25, 0.3) is 0 Å². The first-order valence-corrected chi connectivity index (χ1v) is 5.19. The van der Waals surface area contributed by atoms with E-state index in [-0.39, 0.29) is 6.61 Å². The van der Waals surface area contributed by atoms with Crippen molar-refractivity contribution in [2.45, 2.75) is 45.7 Å². The van der Waals surface area contributed by atoms with Crippen molar-refractivity contribution in [2.24, 2.45) is 0 Å². The molecule has 0 heterocycles. The summed E-state index contributed by atoms with van der Waals surface area (Å²) in [7, 11) is 0. The average molecular weight is 189 g/mol. The Bertz CT molecular complexity index is 109. The van der Waals surface area contributed by atoms with Crippen LogP contribution in [-0.2, 0) is 4.74 Å². The lowest BCUT2D eigenvalue weighted by atomic mass is 10.1. The molecule has 2 unspecified atom stereocenters. The molecule has 80 valence electrons. The van der Waals surface area contributed by atoms with Crippen LogP contribution in [0.3, 0.4) is 0 Å². The maximum atomic E-state index is 8.79. The van der Waals surface area contributed by atoms with E-state index in [1.54, 1.807) is 0 Å². The molecule has 0 aliphatic rings. The molecule has 3 heteroatoms. The molecule has 0 aliphatic heterocycles. The van der Waals surface area contributed by atoms with E-state index in [9.17, 15) is 0 Å². The van der Waals surface area contributed by atoms with Crippen molar-refractivity contribution in [1.29, 1.82) is 0 Å². The van der Waals surface area contributed by atoms with E-state index in [1.807, 2.05) is 6.92 Å². The van der Waals surface area contributed by atoms with Crippen molar-refractivity contribution in [1.82, 2.24) is 5.32 Å². The second-order valence-electron chi connectivity index (χ2n) is 3.34. The maximum absolute atomic E-state index is 8.79. The van der Waals surface area contributed by atoms with Crippen LogP contribution in [0.5, 0.6) is 0 Å². The van der Waals surface area contributed by atoms with E-state index in [1.165, 1.54) is 0 Å². The van der Waals surface area contributed by atoms with Crippen molar-refractivity contribution in [3.05, 3.63) is 0 Å². The van der Waals surface area contributed by atoms with Gasteiger partial charge in [0.2, 0.25) is 0 Å². The first-order chi connectivity index (χ1) is 6.24. The highest BCUT2D eigenvalue weighted by molar-refractivity contribution is 4.69. The van der Waals surface area contributed by atoms with Crippen LogP contribution in [0, 0.1) is 0 Å². The Hall–Kier alpha value is -0.120. The first-order valence-electron chi connectivity index (χ1n) is 5.19. The molecule has 13 heavy (non-hydrogen) atoms. The molecule has 0 saturated heterocycles. The fourth-order valence-electron chi connectivity index (χ4n) is 1.31. The van der Waals surface area contributed by atoms with Crippen LogP contribution >= 0.6 is 0 Å². The molecule has 0 radical (unpaired) electrons. The summed E-state index contributed by atoms with van der Waals surface area (Å²) in [5.74, 6) is 0. The average Bonchev–Trinajstić information content (AvgIpc) is 2.14. The van der Waals surface area contributed by atoms with E-state index >= 15 is 0 Å². The molecule has 0 saturated carbocycles. The van der Waals surface area contributed by atoms with Crippen molar-refractivity contribution in [2.75, 3.05) is 19.8 Å². The summed E-state index contributed by atoms with van der Waals surface area (Å²) >= 11 is 0. The largest absolute Gasteiger partial charge is 0.396 e. The highest BCUT2D eigenvalue weighted by atomic mass is 16.5. The topological polar surface area (TPSA) is 41.5 Å². The van der Waals surface area contributed by atoms with Gasteiger partial charge in [-0.15, -0.1) is 0 Å². The summed E-state index contributed by atoms with van der Waals surface area (Å²) in [6, 6.07) is 0.789. The second-order valence-corrected chi connectivity index (χ2v) is 3.34. The third-order valence-corrected chi connectivity index (χ3v) is 2.06. The lowest BCUT2D eigenvalue weighted by molar-refractivity contribution is 0.121. The van der Waals surface area contributed by atoms with Gasteiger partial charge in [0.15, 0.2) is 0 Å². The minimum atomic E-state index is 0.257. The van der Waals surface area contributed by atoms with Gasteiger partial charge in [-0.1, -0.05) is 6.92 Å². The summed E-state index contributed by atoms with van der Waals surface area (Å²) in [5.41, 5.74) is 0. The SMILES string of the molecule is CCOCC(C)NC(CC)CCO. The van der Waals surface area contributed by atoms with E-state index in [0.29, 0.717) is 12.1 Å². The van der Waals surface area contributed by atoms with E-state index in [0.717, 1.165) is 26.1 Å². The lowest BCUT2D eigenvalue weighted by Crippen LogP contribution is -2.39. The highest BCUT2D eigenvalue weighted by Crippen LogP contribution is 1.98. The summed E-state index contributed by atoms with van der Waals surface area (Å²) in [6.45, 7) is 8.00. The molecule has 0 amide bonds. The molecule has 0 aromatic heterocycles. The Morgan fingerprint density at radius 2 is 2.08 bits per heavy atom. The van der Waals surface area contributed by atoms with Crippen LogP contribution in [0.1, 0.15) is 33.6 Å². The Balaban J connectivity index is 3.53. The molecule has 0 aliphatic carbocycles. The molecule has 0 aromatic rings. The van der Waals surface area contributed by atoms with Crippen molar-refractivity contribution in [3.8, 4) is 0 Å². The lowest BCUT2D eigenvalue weighted by Gasteiger charge is -2.21. The molecule has 0 spiro atoms. The minimum absolute atomic E-state index is 0.257. The summed E-state index contributed by atoms with van der Waals surface area (Å²) in [4.78, 5) is 0. The standard InChI is InChI=1S/C10H23NO2/c1-4-10(6-7-12)11-9(3)8-13-5-2/h9-12H,4-8H2,1-3H3. The smallest absolute Gasteiger partial charge is 0.0616 e. The van der Waals surface area contributed by atoms with Gasteiger partial charge in [-0.3, -0.25) is 0 Å². The number of aliphatic hydroxyl groups excluding tert-OH is 1. The zero-order chi connectivity index (χ0) is 10.1. The number of aliphatic hydroxyl groups is 1. The zero-order valence-corrected chi connectivity index (χ0v) is 9.05. The zero-order valence-electron chi connectivity index (χ0n) is 9.05. The quantitative estimate of drug-likeness (QED) is 0.602. The van der Waals surface area contributed by atoms with E-state index in [2.05, 4.69) is 19.2 Å². The Morgan fingerprint density at radius 3 is 2.54 bits per heavy atom. The molecular formula is C10H23NO2. The molecule has 2 N–H and O–H groups in total. The molecular weight excluding hydrogens is 166 g/mol. The molecule has 3 nitrogen and oxygen atoms in total. The highest BCUT2D eigenvalue weighted by Gasteiger charge is 2.08. The normalized spacial score (nSPS) is 15.7. The fraction of sp³-hybridized carbons (Fsp3) is 1.00. The van der Waals surface area contributed by atoms with Crippen molar-refractivity contribution in [3.63, 3.8) is 0 Å². The Labute approximate surface area is 81.5 Å². The van der Waals surface area contributed by atoms with Gasteiger partial charge in [0, 0.05) is 25.3 Å². The van der Waals surface area contributed by atoms with Gasteiger partial charge in [-0.25, -0.2) is 0 Å². The molecule has 2 atom stereocenters. The number of hydrogen-bond acceptors (Lipinski definition) is 3. The van der Waals surface area contributed by atoms with Crippen LogP contribution in [-0.4, -0.2) is 37.0 Å². The van der Waals surface area contributed by atoms with Crippen LogP contribution < -0.4 is 5.32 Å². The van der Waals surface area contributed by atoms with Crippen molar-refractivity contribution >= 4 is 0 Å². The monoisotopic (exact) mass is 189 g/mol. The van der Waals surface area contributed by atoms with Crippen LogP contribution in [0.4, 0.5) is 0 Å². The van der Waals surface area contributed by atoms with Crippen LogP contribution in [0.2, 0.25) is 0 Å². The maximum Gasteiger partial charge on any atom is 0.0616 e. The number of ether oxygens (including phenoxy) is 1. The van der Waals surface area contributed by atoms with Gasteiger partial charge >= 0.3 is 0 Å². The Morgan fingerprint density at radius 1 is 1.38 bits per heavy atom. The molecule has 0 aromatic carbocycles.